The van der Waals surface area contributed by atoms with E-state index in [1.165, 1.54) is 10.8 Å². The van der Waals surface area contributed by atoms with Crippen LogP contribution in [-0.2, 0) is 16.2 Å². The quantitative estimate of drug-likeness (QED) is 0.151. The standard InChI is InChI=1S/C99H69N3O4/c1-97(2,3)72-46-26-40-64-66-42-28-52-80(93(66)105-91(64)72)100(76-48-19-13-34-60(76)58-30-9-7-10-31-58)82-56-74-88(95-86(82)68-37-16-23-54-84(68)103-95)89-75(99(74)70-44-18-22-51-79(70)102-78-50-21-15-36-62(78)63-39-25-45-71(99)90(63)102)57-83(87-69-38-17-24-55-85(69)104-96(87)89)101(77-49-20-14-35-61(77)59-32-11-8-12-33-59)81-53-29-43-67-65-41-27-47-73(98(4,5)6)92(65)106-94(67)81/h7-57H,1-6H3. The summed E-state index contributed by atoms with van der Waals surface area (Å²) in [5, 5.41) is 10.4. The second-order valence-electron chi connectivity index (χ2n) is 30.9. The molecule has 0 N–H and O–H groups in total. The molecule has 22 rings (SSSR count). The topological polar surface area (TPSA) is 64.0 Å². The molecule has 7 heteroatoms. The van der Waals surface area contributed by atoms with Gasteiger partial charge in [0.25, 0.3) is 0 Å². The molecule has 1 aliphatic carbocycles. The Morgan fingerprint density at radius 2 is 0.670 bits per heavy atom. The molecule has 0 fully saturated rings. The summed E-state index contributed by atoms with van der Waals surface area (Å²) in [6.45, 7) is 13.6. The molecule has 0 amide bonds. The van der Waals surface area contributed by atoms with E-state index in [4.69, 9.17) is 17.7 Å². The van der Waals surface area contributed by atoms with E-state index in [9.17, 15) is 0 Å². The highest BCUT2D eigenvalue weighted by Gasteiger charge is 2.55. The normalized spacial score (nSPS) is 13.3. The molecule has 1 spiro atoms. The van der Waals surface area contributed by atoms with Crippen LogP contribution in [0.3, 0.4) is 0 Å². The minimum atomic E-state index is -1.12. The molecular weight excluding hydrogens is 1300 g/mol. The van der Waals surface area contributed by atoms with Gasteiger partial charge in [0.15, 0.2) is 11.2 Å². The van der Waals surface area contributed by atoms with Crippen molar-refractivity contribution in [2.75, 3.05) is 9.80 Å². The first-order valence-corrected chi connectivity index (χ1v) is 36.8. The highest BCUT2D eigenvalue weighted by Crippen LogP contribution is 2.68. The summed E-state index contributed by atoms with van der Waals surface area (Å²) in [6, 6.07) is 113. The number of fused-ring (bicyclic) bond motifs is 26. The van der Waals surface area contributed by atoms with Crippen LogP contribution in [0.25, 0.3) is 149 Å². The van der Waals surface area contributed by atoms with Crippen molar-refractivity contribution < 1.29 is 17.7 Å². The maximum absolute atomic E-state index is 7.93. The van der Waals surface area contributed by atoms with Gasteiger partial charge in [-0.25, -0.2) is 0 Å². The fourth-order valence-corrected chi connectivity index (χ4v) is 18.6. The first-order chi connectivity index (χ1) is 51.9. The van der Waals surface area contributed by atoms with Gasteiger partial charge in [0.1, 0.15) is 33.5 Å². The maximum atomic E-state index is 7.93. The van der Waals surface area contributed by atoms with Gasteiger partial charge in [-0.1, -0.05) is 290 Å². The number of rotatable bonds is 8. The molecule has 0 radical (unpaired) electrons. The molecule has 2 aliphatic rings. The molecule has 106 heavy (non-hydrogen) atoms. The molecular formula is C99H69N3O4. The molecule has 0 bridgehead atoms. The summed E-state index contributed by atoms with van der Waals surface area (Å²) in [5.41, 5.74) is 26.7. The van der Waals surface area contributed by atoms with Gasteiger partial charge < -0.3 is 32.0 Å². The molecule has 5 aromatic heterocycles. The van der Waals surface area contributed by atoms with Crippen LogP contribution in [0.2, 0.25) is 0 Å². The molecule has 0 unspecified atom stereocenters. The average Bonchev–Trinajstić information content (AvgIpc) is 1.47. The number of aromatic nitrogens is 1. The third kappa shape index (κ3) is 8.22. The minimum Gasteiger partial charge on any atom is -0.455 e. The summed E-state index contributed by atoms with van der Waals surface area (Å²) in [5.74, 6) is 0. The molecule has 0 atom stereocenters. The van der Waals surface area contributed by atoms with Crippen LogP contribution < -0.4 is 9.80 Å². The largest absolute Gasteiger partial charge is 0.455 e. The third-order valence-electron chi connectivity index (χ3n) is 23.0. The molecule has 1 aliphatic heterocycles. The van der Waals surface area contributed by atoms with E-state index >= 15 is 0 Å². The molecule has 504 valence electrons. The van der Waals surface area contributed by atoms with E-state index < -0.39 is 5.41 Å². The second kappa shape index (κ2) is 22.0. The van der Waals surface area contributed by atoms with Crippen LogP contribution in [0.1, 0.15) is 74.9 Å². The van der Waals surface area contributed by atoms with Gasteiger partial charge in [-0.3, -0.25) is 0 Å². The van der Waals surface area contributed by atoms with E-state index in [2.05, 4.69) is 365 Å². The number of anilines is 6. The number of hydrogen-bond acceptors (Lipinski definition) is 6. The molecule has 7 nitrogen and oxygen atoms in total. The molecule has 15 aromatic carbocycles. The molecule has 20 aromatic rings. The Labute approximate surface area is 611 Å². The van der Waals surface area contributed by atoms with Crippen molar-refractivity contribution in [2.45, 2.75) is 57.8 Å². The second-order valence-corrected chi connectivity index (χ2v) is 30.9. The van der Waals surface area contributed by atoms with E-state index in [0.29, 0.717) is 0 Å². The first-order valence-electron chi connectivity index (χ1n) is 36.8. The van der Waals surface area contributed by atoms with Gasteiger partial charge in [0.2, 0.25) is 0 Å². The SMILES string of the molecule is CC(C)(C)c1cccc2c1oc1c(N(c3ccccc3-c3ccccc3)c3cc4c(c5oc6ccccc6c35)-c3c(cc(N(c5ccccc5-c5ccccc5)c5cccc6c5oc5c(C(C)(C)C)cccc56)c5c3oc3ccccc35)C43c4ccccc4-n4c5ccccc5c5cccc3c54)cccc12. The van der Waals surface area contributed by atoms with Crippen LogP contribution >= 0.6 is 0 Å². The van der Waals surface area contributed by atoms with Crippen LogP contribution in [-0.4, -0.2) is 4.57 Å². The van der Waals surface area contributed by atoms with Crippen molar-refractivity contribution in [2.24, 2.45) is 0 Å². The molecule has 0 saturated heterocycles. The van der Waals surface area contributed by atoms with E-state index in [1.54, 1.807) is 0 Å². The van der Waals surface area contributed by atoms with Crippen molar-refractivity contribution in [3.8, 4) is 39.1 Å². The summed E-state index contributed by atoms with van der Waals surface area (Å²) < 4.78 is 33.6. The fraction of sp³-hybridized carbons (Fsp3) is 0.0909. The Kier molecular flexibility index (Phi) is 12.5. The van der Waals surface area contributed by atoms with Crippen molar-refractivity contribution in [3.63, 3.8) is 0 Å². The Balaban J connectivity index is 0.955. The maximum Gasteiger partial charge on any atom is 0.159 e. The van der Waals surface area contributed by atoms with Gasteiger partial charge in [0.05, 0.1) is 67.0 Å². The predicted octanol–water partition coefficient (Wildman–Crippen LogP) is 27.9. The van der Waals surface area contributed by atoms with Crippen molar-refractivity contribution in [1.82, 2.24) is 4.57 Å². The summed E-state index contributed by atoms with van der Waals surface area (Å²) in [6.07, 6.45) is 0. The predicted molar refractivity (Wildman–Crippen MR) is 438 cm³/mol. The average molecular weight is 1360 g/mol. The first kappa shape index (κ1) is 60.5. The highest BCUT2D eigenvalue weighted by atomic mass is 16.3. The zero-order valence-electron chi connectivity index (χ0n) is 59.4. The van der Waals surface area contributed by atoms with E-state index in [0.717, 1.165) is 205 Å². The smallest absolute Gasteiger partial charge is 0.159 e. The van der Waals surface area contributed by atoms with Crippen molar-refractivity contribution >= 4 is 144 Å². The zero-order chi connectivity index (χ0) is 70.6. The fourth-order valence-electron chi connectivity index (χ4n) is 18.6. The number of benzene rings is 15. The third-order valence-corrected chi connectivity index (χ3v) is 23.0. The Bertz CT molecular complexity index is 6780. The Morgan fingerprint density at radius 3 is 1.19 bits per heavy atom. The summed E-state index contributed by atoms with van der Waals surface area (Å²) in [7, 11) is 0. The Hall–Kier alpha value is -13.1. The number of hydrogen-bond donors (Lipinski definition) is 0. The van der Waals surface area contributed by atoms with E-state index in [1.807, 2.05) is 0 Å². The van der Waals surface area contributed by atoms with Gasteiger partial charge >= 0.3 is 0 Å². The molecule has 6 heterocycles. The number of para-hydroxylation sites is 11. The highest BCUT2D eigenvalue weighted by molar-refractivity contribution is 6.27. The van der Waals surface area contributed by atoms with E-state index in [-0.39, 0.29) is 10.8 Å². The zero-order valence-corrected chi connectivity index (χ0v) is 59.4. The van der Waals surface area contributed by atoms with Crippen LogP contribution in [0.4, 0.5) is 34.1 Å². The van der Waals surface area contributed by atoms with Gasteiger partial charge in [-0.05, 0) is 105 Å². The van der Waals surface area contributed by atoms with Gasteiger partial charge in [-0.2, -0.15) is 0 Å². The lowest BCUT2D eigenvalue weighted by Crippen LogP contribution is -2.34. The molecule has 0 saturated carbocycles. The van der Waals surface area contributed by atoms with Crippen LogP contribution in [0, 0.1) is 0 Å². The van der Waals surface area contributed by atoms with Crippen molar-refractivity contribution in [3.05, 3.63) is 343 Å². The van der Waals surface area contributed by atoms with Gasteiger partial charge in [-0.15, -0.1) is 0 Å². The van der Waals surface area contributed by atoms with Crippen LogP contribution in [0.5, 0.6) is 0 Å². The van der Waals surface area contributed by atoms with Crippen molar-refractivity contribution in [1.29, 1.82) is 0 Å². The van der Waals surface area contributed by atoms with Gasteiger partial charge in [0, 0.05) is 76.5 Å². The lowest BCUT2D eigenvalue weighted by molar-refractivity contribution is 0.572. The number of furan rings is 4. The Morgan fingerprint density at radius 1 is 0.283 bits per heavy atom. The number of nitrogens with zero attached hydrogens (tertiary/aromatic N) is 3. The lowest BCUT2D eigenvalue weighted by atomic mass is 9.65. The van der Waals surface area contributed by atoms with Crippen LogP contribution in [0.15, 0.2) is 327 Å². The minimum absolute atomic E-state index is 0.215. The lowest BCUT2D eigenvalue weighted by Gasteiger charge is -2.40. The summed E-state index contributed by atoms with van der Waals surface area (Å²) in [4.78, 5) is 5.00. The monoisotopic (exact) mass is 1360 g/mol. The summed E-state index contributed by atoms with van der Waals surface area (Å²) >= 11 is 0.